The largest absolute Gasteiger partial charge is 0.294 e. The quantitative estimate of drug-likeness (QED) is 0.685. The van der Waals surface area contributed by atoms with Crippen molar-refractivity contribution in [3.05, 3.63) is 68.7 Å². The molecule has 0 radical (unpaired) electrons. The summed E-state index contributed by atoms with van der Waals surface area (Å²) < 4.78 is 0. The lowest BCUT2D eigenvalue weighted by molar-refractivity contribution is 0.0983. The summed E-state index contributed by atoms with van der Waals surface area (Å²) in [4.78, 5) is 12.1. The van der Waals surface area contributed by atoms with Gasteiger partial charge in [-0.3, -0.25) is 4.79 Å². The van der Waals surface area contributed by atoms with Gasteiger partial charge in [0.1, 0.15) is 0 Å². The molecule has 4 heteroatoms. The van der Waals surface area contributed by atoms with Crippen LogP contribution in [0.5, 0.6) is 0 Å². The summed E-state index contributed by atoms with van der Waals surface area (Å²) in [6.45, 7) is 0. The van der Waals surface area contributed by atoms with E-state index in [-0.39, 0.29) is 5.78 Å². The Bertz CT molecular complexity index is 608. The van der Waals surface area contributed by atoms with E-state index in [1.54, 1.807) is 18.2 Å². The van der Waals surface area contributed by atoms with Gasteiger partial charge in [-0.15, -0.1) is 0 Å². The normalized spacial score (nSPS) is 10.5. The maximum Gasteiger partial charge on any atom is 0.164 e. The van der Waals surface area contributed by atoms with Crippen molar-refractivity contribution in [2.45, 2.75) is 12.8 Å². The van der Waals surface area contributed by atoms with Gasteiger partial charge in [0.05, 0.1) is 5.02 Å². The number of halogens is 3. The lowest BCUT2D eigenvalue weighted by Crippen LogP contribution is -2.02. The molecule has 0 fully saturated rings. The number of carbonyl (C=O) groups excluding carboxylic acids is 1. The summed E-state index contributed by atoms with van der Waals surface area (Å²) in [6.07, 6.45) is 1.03. The van der Waals surface area contributed by atoms with Gasteiger partial charge in [0, 0.05) is 22.0 Å². The molecule has 2 aromatic carbocycles. The van der Waals surface area contributed by atoms with Gasteiger partial charge in [0.2, 0.25) is 0 Å². The van der Waals surface area contributed by atoms with E-state index >= 15 is 0 Å². The molecule has 0 aliphatic rings. The highest BCUT2D eigenvalue weighted by molar-refractivity contribution is 6.36. The summed E-state index contributed by atoms with van der Waals surface area (Å²) >= 11 is 17.7. The molecule has 0 aliphatic heterocycles. The number of ketones is 1. The van der Waals surface area contributed by atoms with E-state index in [0.717, 1.165) is 5.56 Å². The van der Waals surface area contributed by atoms with Crippen LogP contribution >= 0.6 is 34.8 Å². The fourth-order valence-electron chi connectivity index (χ4n) is 1.80. The molecule has 0 amide bonds. The van der Waals surface area contributed by atoms with Crippen LogP contribution in [0.1, 0.15) is 22.3 Å². The molecule has 0 aromatic heterocycles. The monoisotopic (exact) mass is 312 g/mol. The van der Waals surface area contributed by atoms with Gasteiger partial charge in [0.25, 0.3) is 0 Å². The Balaban J connectivity index is 2.05. The van der Waals surface area contributed by atoms with Crippen LogP contribution in [0.2, 0.25) is 15.1 Å². The third kappa shape index (κ3) is 3.97. The lowest BCUT2D eigenvalue weighted by atomic mass is 10.0. The third-order valence-electron chi connectivity index (χ3n) is 2.76. The van der Waals surface area contributed by atoms with Crippen LogP contribution < -0.4 is 0 Å². The Morgan fingerprint density at radius 1 is 0.947 bits per heavy atom. The Labute approximate surface area is 127 Å². The van der Waals surface area contributed by atoms with Gasteiger partial charge in [-0.2, -0.15) is 0 Å². The molecule has 0 bridgehead atoms. The van der Waals surface area contributed by atoms with Crippen molar-refractivity contribution in [2.75, 3.05) is 0 Å². The number of Topliss-reactive ketones (excluding diaryl/α,β-unsaturated/α-hetero) is 1. The van der Waals surface area contributed by atoms with Crippen LogP contribution in [0.3, 0.4) is 0 Å². The van der Waals surface area contributed by atoms with Crippen molar-refractivity contribution in [2.24, 2.45) is 0 Å². The van der Waals surface area contributed by atoms with Crippen molar-refractivity contribution in [1.29, 1.82) is 0 Å². The molecule has 0 atom stereocenters. The van der Waals surface area contributed by atoms with Gasteiger partial charge in [-0.1, -0.05) is 46.9 Å². The van der Waals surface area contributed by atoms with Crippen molar-refractivity contribution in [1.82, 2.24) is 0 Å². The molecule has 0 unspecified atom stereocenters. The predicted molar refractivity (Wildman–Crippen MR) is 80.6 cm³/mol. The zero-order valence-corrected chi connectivity index (χ0v) is 12.3. The van der Waals surface area contributed by atoms with Crippen LogP contribution in [0.15, 0.2) is 42.5 Å². The maximum atomic E-state index is 12.1. The van der Waals surface area contributed by atoms with Crippen LogP contribution in [0, 0.1) is 0 Å². The Morgan fingerprint density at radius 3 is 2.37 bits per heavy atom. The fourth-order valence-corrected chi connectivity index (χ4v) is 2.53. The minimum Gasteiger partial charge on any atom is -0.294 e. The first-order valence-corrected chi connectivity index (χ1v) is 6.92. The first-order valence-electron chi connectivity index (χ1n) is 5.79. The highest BCUT2D eigenvalue weighted by Crippen LogP contribution is 2.23. The van der Waals surface area contributed by atoms with Crippen LogP contribution in [-0.2, 0) is 6.42 Å². The Hall–Kier alpha value is -1.02. The van der Waals surface area contributed by atoms with Crippen LogP contribution in [0.25, 0.3) is 0 Å². The van der Waals surface area contributed by atoms with Gasteiger partial charge >= 0.3 is 0 Å². The zero-order chi connectivity index (χ0) is 13.8. The van der Waals surface area contributed by atoms with Gasteiger partial charge < -0.3 is 0 Å². The number of hydrogen-bond donors (Lipinski definition) is 0. The minimum absolute atomic E-state index is 0.00152. The number of benzene rings is 2. The van der Waals surface area contributed by atoms with Gasteiger partial charge in [-0.25, -0.2) is 0 Å². The summed E-state index contributed by atoms with van der Waals surface area (Å²) in [5.41, 5.74) is 1.54. The number of carbonyl (C=O) groups is 1. The zero-order valence-electron chi connectivity index (χ0n) is 10.00. The standard InChI is InChI=1S/C15H11Cl3O/c16-11-3-1-2-10(8-11)4-7-15(19)13-6-5-12(17)9-14(13)18/h1-3,5-6,8-9H,4,7H2. The molecule has 0 N–H and O–H groups in total. The van der Waals surface area contributed by atoms with Crippen molar-refractivity contribution in [3.63, 3.8) is 0 Å². The predicted octanol–water partition coefficient (Wildman–Crippen LogP) is 5.46. The average Bonchev–Trinajstić information content (AvgIpc) is 2.36. The molecule has 98 valence electrons. The molecular weight excluding hydrogens is 303 g/mol. The Kier molecular flexibility index (Phi) is 4.87. The first-order chi connectivity index (χ1) is 9.06. The second-order valence-electron chi connectivity index (χ2n) is 4.18. The van der Waals surface area contributed by atoms with Crippen LogP contribution in [0.4, 0.5) is 0 Å². The molecular formula is C15H11Cl3O. The summed E-state index contributed by atoms with van der Waals surface area (Å²) in [5.74, 6) is 0.00152. The Morgan fingerprint density at radius 2 is 1.68 bits per heavy atom. The molecule has 1 nitrogen and oxygen atoms in total. The van der Waals surface area contributed by atoms with E-state index < -0.39 is 0 Å². The lowest BCUT2D eigenvalue weighted by Gasteiger charge is -2.05. The minimum atomic E-state index is 0.00152. The average molecular weight is 314 g/mol. The summed E-state index contributed by atoms with van der Waals surface area (Å²) in [6, 6.07) is 12.4. The SMILES string of the molecule is O=C(CCc1cccc(Cl)c1)c1ccc(Cl)cc1Cl. The molecule has 0 heterocycles. The van der Waals surface area contributed by atoms with Crippen molar-refractivity contribution >= 4 is 40.6 Å². The van der Waals surface area contributed by atoms with Crippen molar-refractivity contribution in [3.8, 4) is 0 Å². The summed E-state index contributed by atoms with van der Waals surface area (Å²) in [7, 11) is 0. The third-order valence-corrected chi connectivity index (χ3v) is 3.54. The van der Waals surface area contributed by atoms with Gasteiger partial charge in [0.15, 0.2) is 5.78 Å². The van der Waals surface area contributed by atoms with E-state index in [9.17, 15) is 4.79 Å². The van der Waals surface area contributed by atoms with E-state index in [2.05, 4.69) is 0 Å². The fraction of sp³-hybridized carbons (Fsp3) is 0.133. The first kappa shape index (κ1) is 14.4. The van der Waals surface area contributed by atoms with E-state index in [1.165, 1.54) is 0 Å². The summed E-state index contributed by atoms with van der Waals surface area (Å²) in [5, 5.41) is 1.59. The molecule has 19 heavy (non-hydrogen) atoms. The smallest absolute Gasteiger partial charge is 0.164 e. The van der Waals surface area contributed by atoms with Gasteiger partial charge in [-0.05, 0) is 42.3 Å². The van der Waals surface area contributed by atoms with E-state index in [0.29, 0.717) is 33.5 Å². The van der Waals surface area contributed by atoms with E-state index in [1.807, 2.05) is 24.3 Å². The maximum absolute atomic E-state index is 12.1. The second kappa shape index (κ2) is 6.42. The molecule has 0 aliphatic carbocycles. The molecule has 0 spiro atoms. The molecule has 2 aromatic rings. The topological polar surface area (TPSA) is 17.1 Å². The molecule has 0 saturated carbocycles. The second-order valence-corrected chi connectivity index (χ2v) is 5.46. The van der Waals surface area contributed by atoms with Crippen molar-refractivity contribution < 1.29 is 4.79 Å². The molecule has 2 rings (SSSR count). The number of aryl methyl sites for hydroxylation is 1. The highest BCUT2D eigenvalue weighted by atomic mass is 35.5. The van der Waals surface area contributed by atoms with Crippen LogP contribution in [-0.4, -0.2) is 5.78 Å². The number of rotatable bonds is 4. The molecule has 0 saturated heterocycles. The number of hydrogen-bond acceptors (Lipinski definition) is 1. The highest BCUT2D eigenvalue weighted by Gasteiger charge is 2.10. The van der Waals surface area contributed by atoms with E-state index in [4.69, 9.17) is 34.8 Å².